The van der Waals surface area contributed by atoms with E-state index in [4.69, 9.17) is 27.6 Å². The number of thioether (sulfide) groups is 1. The van der Waals surface area contributed by atoms with Crippen molar-refractivity contribution >= 4 is 73.7 Å². The zero-order valence-corrected chi connectivity index (χ0v) is 18.0. The molecule has 1 aromatic heterocycles. The highest BCUT2D eigenvalue weighted by molar-refractivity contribution is 9.10. The standard InChI is InChI=1S/C20H11BrCl2N2O2S/c21-13-3-1-2-4-16(13)24-20-25-19(26)18(28-20)10-12-6-8-17(27-12)11-5-7-14(22)15(23)9-11/h1-10H,(H,24,25,26)/b18-10+. The monoisotopic (exact) mass is 492 g/mol. The fourth-order valence-electron chi connectivity index (χ4n) is 2.50. The number of amidine groups is 1. The number of rotatable bonds is 3. The molecule has 0 saturated carbocycles. The van der Waals surface area contributed by atoms with Crippen LogP contribution < -0.4 is 5.32 Å². The number of benzene rings is 2. The minimum absolute atomic E-state index is 0.219. The molecule has 2 aromatic carbocycles. The van der Waals surface area contributed by atoms with E-state index >= 15 is 0 Å². The number of para-hydroxylation sites is 1. The second-order valence-corrected chi connectivity index (χ2v) is 8.46. The molecular weight excluding hydrogens is 483 g/mol. The normalized spacial score (nSPS) is 16.8. The SMILES string of the molecule is O=C1NC(=Nc2ccccc2Br)S/C1=C/c1ccc(-c2ccc(Cl)c(Cl)c2)o1. The summed E-state index contributed by atoms with van der Waals surface area (Å²) in [4.78, 5) is 17.2. The van der Waals surface area contributed by atoms with Crippen molar-refractivity contribution in [2.24, 2.45) is 4.99 Å². The summed E-state index contributed by atoms with van der Waals surface area (Å²) in [5.41, 5.74) is 1.55. The van der Waals surface area contributed by atoms with Gasteiger partial charge in [-0.05, 0) is 70.2 Å². The third kappa shape index (κ3) is 4.20. The van der Waals surface area contributed by atoms with Crippen molar-refractivity contribution in [3.63, 3.8) is 0 Å². The van der Waals surface area contributed by atoms with E-state index in [1.165, 1.54) is 11.8 Å². The summed E-state index contributed by atoms with van der Waals surface area (Å²) >= 11 is 16.7. The zero-order valence-electron chi connectivity index (χ0n) is 14.1. The first-order chi connectivity index (χ1) is 13.5. The molecular formula is C20H11BrCl2N2O2S. The van der Waals surface area contributed by atoms with Gasteiger partial charge in [0.05, 0.1) is 20.6 Å². The number of furan rings is 1. The maximum atomic E-state index is 12.3. The Hall–Kier alpha value is -1.99. The smallest absolute Gasteiger partial charge is 0.264 e. The minimum atomic E-state index is -0.219. The molecule has 1 fully saturated rings. The van der Waals surface area contributed by atoms with Crippen LogP contribution in [-0.2, 0) is 4.79 Å². The highest BCUT2D eigenvalue weighted by Crippen LogP contribution is 2.33. The topological polar surface area (TPSA) is 54.6 Å². The first-order valence-electron chi connectivity index (χ1n) is 8.09. The van der Waals surface area contributed by atoms with Crippen LogP contribution in [0.15, 0.2) is 73.4 Å². The summed E-state index contributed by atoms with van der Waals surface area (Å²) < 4.78 is 6.68. The van der Waals surface area contributed by atoms with Crippen LogP contribution in [0.5, 0.6) is 0 Å². The number of hydrogen-bond donors (Lipinski definition) is 1. The minimum Gasteiger partial charge on any atom is -0.457 e. The predicted molar refractivity (Wildman–Crippen MR) is 119 cm³/mol. The average molecular weight is 494 g/mol. The van der Waals surface area contributed by atoms with Gasteiger partial charge in [0.2, 0.25) is 0 Å². The van der Waals surface area contributed by atoms with E-state index in [1.807, 2.05) is 36.4 Å². The van der Waals surface area contributed by atoms with Crippen molar-refractivity contribution < 1.29 is 9.21 Å². The van der Waals surface area contributed by atoms with E-state index in [1.54, 1.807) is 24.3 Å². The zero-order chi connectivity index (χ0) is 19.7. The van der Waals surface area contributed by atoms with Crippen molar-refractivity contribution in [3.05, 3.63) is 79.8 Å². The summed E-state index contributed by atoms with van der Waals surface area (Å²) in [6.07, 6.45) is 1.68. The quantitative estimate of drug-likeness (QED) is 0.403. The Balaban J connectivity index is 1.56. The molecule has 1 aliphatic heterocycles. The van der Waals surface area contributed by atoms with Gasteiger partial charge in [-0.3, -0.25) is 4.79 Å². The third-order valence-corrected chi connectivity index (χ3v) is 6.15. The molecule has 2 heterocycles. The van der Waals surface area contributed by atoms with Crippen molar-refractivity contribution in [3.8, 4) is 11.3 Å². The number of carbonyl (C=O) groups is 1. The fourth-order valence-corrected chi connectivity index (χ4v) is 3.98. The summed E-state index contributed by atoms with van der Waals surface area (Å²) in [7, 11) is 0. The molecule has 0 bridgehead atoms. The van der Waals surface area contributed by atoms with Crippen molar-refractivity contribution in [1.29, 1.82) is 0 Å². The lowest BCUT2D eigenvalue weighted by atomic mass is 10.2. The molecule has 0 aliphatic carbocycles. The van der Waals surface area contributed by atoms with E-state index in [9.17, 15) is 4.79 Å². The Labute approximate surface area is 183 Å². The fraction of sp³-hybridized carbons (Fsp3) is 0. The predicted octanol–water partition coefficient (Wildman–Crippen LogP) is 6.91. The molecule has 1 aliphatic rings. The maximum Gasteiger partial charge on any atom is 0.264 e. The van der Waals surface area contributed by atoms with Crippen molar-refractivity contribution in [2.75, 3.05) is 0 Å². The molecule has 0 radical (unpaired) electrons. The molecule has 4 rings (SSSR count). The van der Waals surface area contributed by atoms with Crippen LogP contribution in [0.4, 0.5) is 5.69 Å². The van der Waals surface area contributed by atoms with Gasteiger partial charge in [-0.25, -0.2) is 4.99 Å². The van der Waals surface area contributed by atoms with Crippen LogP contribution in [0.2, 0.25) is 10.0 Å². The third-order valence-electron chi connectivity index (χ3n) is 3.83. The van der Waals surface area contributed by atoms with E-state index in [2.05, 4.69) is 26.2 Å². The van der Waals surface area contributed by atoms with Gasteiger partial charge in [-0.15, -0.1) is 0 Å². The Morgan fingerprint density at radius 3 is 2.68 bits per heavy atom. The lowest BCUT2D eigenvalue weighted by molar-refractivity contribution is -0.115. The molecule has 4 nitrogen and oxygen atoms in total. The molecule has 0 spiro atoms. The Bertz CT molecular complexity index is 1140. The van der Waals surface area contributed by atoms with Gasteiger partial charge in [0, 0.05) is 16.1 Å². The Morgan fingerprint density at radius 2 is 1.89 bits per heavy atom. The van der Waals surface area contributed by atoms with Crippen LogP contribution in [0.3, 0.4) is 0 Å². The molecule has 1 saturated heterocycles. The van der Waals surface area contributed by atoms with Crippen LogP contribution in [0, 0.1) is 0 Å². The molecule has 140 valence electrons. The van der Waals surface area contributed by atoms with Crippen LogP contribution in [-0.4, -0.2) is 11.1 Å². The number of amides is 1. The van der Waals surface area contributed by atoms with E-state index < -0.39 is 0 Å². The van der Waals surface area contributed by atoms with E-state index in [0.717, 1.165) is 15.7 Å². The van der Waals surface area contributed by atoms with Crippen molar-refractivity contribution in [1.82, 2.24) is 5.32 Å². The van der Waals surface area contributed by atoms with Gasteiger partial charge in [0.1, 0.15) is 11.5 Å². The molecule has 0 unspecified atom stereocenters. The first-order valence-corrected chi connectivity index (χ1v) is 10.5. The average Bonchev–Trinajstić information content (AvgIpc) is 3.27. The Morgan fingerprint density at radius 1 is 1.07 bits per heavy atom. The highest BCUT2D eigenvalue weighted by atomic mass is 79.9. The largest absolute Gasteiger partial charge is 0.457 e. The van der Waals surface area contributed by atoms with Gasteiger partial charge < -0.3 is 9.73 Å². The van der Waals surface area contributed by atoms with Crippen molar-refractivity contribution in [2.45, 2.75) is 0 Å². The summed E-state index contributed by atoms with van der Waals surface area (Å²) in [5.74, 6) is 0.972. The lowest BCUT2D eigenvalue weighted by Crippen LogP contribution is -2.19. The first kappa shape index (κ1) is 19.3. The van der Waals surface area contributed by atoms with Gasteiger partial charge in [0.15, 0.2) is 5.17 Å². The summed E-state index contributed by atoms with van der Waals surface area (Å²) in [6, 6.07) is 16.4. The maximum absolute atomic E-state index is 12.3. The van der Waals surface area contributed by atoms with Gasteiger partial charge in [-0.2, -0.15) is 0 Å². The molecule has 1 amide bonds. The number of carbonyl (C=O) groups excluding carboxylic acids is 1. The van der Waals surface area contributed by atoms with E-state index in [0.29, 0.717) is 31.6 Å². The number of aliphatic imine (C=N–C) groups is 1. The number of hydrogen-bond acceptors (Lipinski definition) is 4. The van der Waals surface area contributed by atoms with Gasteiger partial charge in [-0.1, -0.05) is 35.3 Å². The molecule has 0 atom stereocenters. The van der Waals surface area contributed by atoms with E-state index in [-0.39, 0.29) is 5.91 Å². The summed E-state index contributed by atoms with van der Waals surface area (Å²) in [6.45, 7) is 0. The molecule has 8 heteroatoms. The van der Waals surface area contributed by atoms with Crippen LogP contribution >= 0.6 is 50.9 Å². The molecule has 1 N–H and O–H groups in total. The number of nitrogens with one attached hydrogen (secondary N) is 1. The number of nitrogens with zero attached hydrogens (tertiary/aromatic N) is 1. The lowest BCUT2D eigenvalue weighted by Gasteiger charge is -1.99. The molecule has 28 heavy (non-hydrogen) atoms. The Kier molecular flexibility index (Phi) is 5.64. The van der Waals surface area contributed by atoms with Gasteiger partial charge in [0.25, 0.3) is 5.91 Å². The second kappa shape index (κ2) is 8.17. The highest BCUT2D eigenvalue weighted by Gasteiger charge is 2.24. The van der Waals surface area contributed by atoms with Gasteiger partial charge >= 0.3 is 0 Å². The van der Waals surface area contributed by atoms with Crippen LogP contribution in [0.25, 0.3) is 17.4 Å². The van der Waals surface area contributed by atoms with Crippen LogP contribution in [0.1, 0.15) is 5.76 Å². The second-order valence-electron chi connectivity index (χ2n) is 5.76. The summed E-state index contributed by atoms with van der Waals surface area (Å²) in [5, 5.41) is 4.21. The number of halogens is 3. The molecule has 3 aromatic rings.